The van der Waals surface area contributed by atoms with Crippen molar-refractivity contribution in [3.63, 3.8) is 0 Å². The maximum Gasteiger partial charge on any atom is 0.0698 e. The van der Waals surface area contributed by atoms with Crippen molar-refractivity contribution in [1.82, 2.24) is 4.90 Å². The van der Waals surface area contributed by atoms with Gasteiger partial charge in [0.1, 0.15) is 0 Å². The second kappa shape index (κ2) is 7.04. The fourth-order valence-corrected chi connectivity index (χ4v) is 3.31. The molecule has 0 aromatic heterocycles. The van der Waals surface area contributed by atoms with E-state index in [9.17, 15) is 0 Å². The third kappa shape index (κ3) is 3.70. The van der Waals surface area contributed by atoms with E-state index in [2.05, 4.69) is 26.9 Å². The maximum absolute atomic E-state index is 6.32. The Hall–Kier alpha value is -0.130. The third-order valence-electron chi connectivity index (χ3n) is 3.72. The molecule has 0 saturated carbocycles. The smallest absolute Gasteiger partial charge is 0.0698 e. The van der Waals surface area contributed by atoms with Crippen LogP contribution in [0.3, 0.4) is 0 Å². The summed E-state index contributed by atoms with van der Waals surface area (Å²) in [5.74, 6) is 0. The number of nitrogens with zero attached hydrogens (tertiary/aromatic N) is 1. The summed E-state index contributed by atoms with van der Waals surface area (Å²) in [6.45, 7) is 2.53. The molecular weight excluding hydrogens is 328 g/mol. The number of benzene rings is 1. The molecule has 2 rings (SSSR count). The zero-order valence-electron chi connectivity index (χ0n) is 11.1. The topological polar surface area (TPSA) is 38.5 Å². The third-order valence-corrected chi connectivity index (χ3v) is 4.56. The quantitative estimate of drug-likeness (QED) is 0.909. The summed E-state index contributed by atoms with van der Waals surface area (Å²) >= 11 is 9.83. The van der Waals surface area contributed by atoms with Gasteiger partial charge in [0.05, 0.1) is 6.10 Å². The molecule has 106 valence electrons. The summed E-state index contributed by atoms with van der Waals surface area (Å²) < 4.78 is 6.51. The molecule has 0 aliphatic carbocycles. The lowest BCUT2D eigenvalue weighted by Gasteiger charge is -2.37. The van der Waals surface area contributed by atoms with E-state index < -0.39 is 0 Å². The molecule has 3 nitrogen and oxygen atoms in total. The normalized spacial score (nSPS) is 22.4. The van der Waals surface area contributed by atoms with Crippen LogP contribution in [0, 0.1) is 0 Å². The zero-order chi connectivity index (χ0) is 13.8. The Bertz CT molecular complexity index is 430. The van der Waals surface area contributed by atoms with E-state index in [-0.39, 0.29) is 6.04 Å². The van der Waals surface area contributed by atoms with Crippen LogP contribution in [0.4, 0.5) is 0 Å². The van der Waals surface area contributed by atoms with E-state index in [1.165, 1.54) is 0 Å². The summed E-state index contributed by atoms with van der Waals surface area (Å²) in [4.78, 5) is 2.38. The number of methoxy groups -OCH3 is 1. The van der Waals surface area contributed by atoms with Gasteiger partial charge in [0, 0.05) is 35.7 Å². The van der Waals surface area contributed by atoms with Gasteiger partial charge in [0.25, 0.3) is 0 Å². The van der Waals surface area contributed by atoms with Crippen LogP contribution in [0.2, 0.25) is 5.02 Å². The van der Waals surface area contributed by atoms with Crippen molar-refractivity contribution in [3.8, 4) is 0 Å². The predicted molar refractivity (Wildman–Crippen MR) is 82.6 cm³/mol. The first kappa shape index (κ1) is 15.3. The van der Waals surface area contributed by atoms with Gasteiger partial charge in [0.2, 0.25) is 0 Å². The Morgan fingerprint density at radius 2 is 2.37 bits per heavy atom. The standard InChI is InChI=1S/C14H20BrClN2O/c1-19-11-3-2-6-18(9-11)14(8-17)12-7-10(15)4-5-13(12)16/h4-5,7,11,14H,2-3,6,8-9,17H2,1H3. The number of likely N-dealkylation sites (tertiary alicyclic amines) is 1. The van der Waals surface area contributed by atoms with Crippen LogP contribution in [0.15, 0.2) is 22.7 Å². The highest BCUT2D eigenvalue weighted by Gasteiger charge is 2.27. The molecule has 2 unspecified atom stereocenters. The van der Waals surface area contributed by atoms with Crippen molar-refractivity contribution in [2.75, 3.05) is 26.7 Å². The van der Waals surface area contributed by atoms with Gasteiger partial charge < -0.3 is 10.5 Å². The largest absolute Gasteiger partial charge is 0.380 e. The molecule has 0 radical (unpaired) electrons. The van der Waals surface area contributed by atoms with Crippen molar-refractivity contribution in [3.05, 3.63) is 33.3 Å². The SMILES string of the molecule is COC1CCCN(C(CN)c2cc(Br)ccc2Cl)C1. The Morgan fingerprint density at radius 1 is 1.58 bits per heavy atom. The lowest BCUT2D eigenvalue weighted by atomic mass is 10.0. The number of hydrogen-bond acceptors (Lipinski definition) is 3. The number of rotatable bonds is 4. The molecule has 1 aromatic carbocycles. The van der Waals surface area contributed by atoms with E-state index in [1.807, 2.05) is 12.1 Å². The number of ether oxygens (including phenoxy) is 1. The molecule has 0 amide bonds. The molecular formula is C14H20BrClN2O. The molecule has 1 aliphatic rings. The predicted octanol–water partition coefficient (Wildman–Crippen LogP) is 3.21. The van der Waals surface area contributed by atoms with Gasteiger partial charge in [-0.1, -0.05) is 27.5 Å². The molecule has 1 aliphatic heterocycles. The van der Waals surface area contributed by atoms with Crippen LogP contribution < -0.4 is 5.73 Å². The van der Waals surface area contributed by atoms with Gasteiger partial charge in [-0.15, -0.1) is 0 Å². The fraction of sp³-hybridized carbons (Fsp3) is 0.571. The second-order valence-electron chi connectivity index (χ2n) is 4.91. The lowest BCUT2D eigenvalue weighted by Crippen LogP contribution is -2.43. The molecule has 0 bridgehead atoms. The minimum absolute atomic E-state index is 0.156. The molecule has 19 heavy (non-hydrogen) atoms. The van der Waals surface area contributed by atoms with Crippen molar-refractivity contribution in [1.29, 1.82) is 0 Å². The zero-order valence-corrected chi connectivity index (χ0v) is 13.5. The molecule has 1 saturated heterocycles. The Kier molecular flexibility index (Phi) is 5.66. The van der Waals surface area contributed by atoms with Crippen molar-refractivity contribution in [2.45, 2.75) is 25.0 Å². The fourth-order valence-electron chi connectivity index (χ4n) is 2.68. The summed E-state index contributed by atoms with van der Waals surface area (Å²) in [6.07, 6.45) is 2.56. The van der Waals surface area contributed by atoms with Crippen LogP contribution in [0.5, 0.6) is 0 Å². The highest BCUT2D eigenvalue weighted by molar-refractivity contribution is 9.10. The Labute approximate surface area is 128 Å². The number of piperidine rings is 1. The maximum atomic E-state index is 6.32. The number of nitrogens with two attached hydrogens (primary N) is 1. The molecule has 1 aromatic rings. The monoisotopic (exact) mass is 346 g/mol. The van der Waals surface area contributed by atoms with Crippen molar-refractivity contribution < 1.29 is 4.74 Å². The van der Waals surface area contributed by atoms with Crippen LogP contribution in [-0.4, -0.2) is 37.7 Å². The first-order valence-electron chi connectivity index (χ1n) is 6.57. The molecule has 0 spiro atoms. The van der Waals surface area contributed by atoms with Gasteiger partial charge >= 0.3 is 0 Å². The van der Waals surface area contributed by atoms with Crippen molar-refractivity contribution >= 4 is 27.5 Å². The molecule has 1 heterocycles. The van der Waals surface area contributed by atoms with Crippen LogP contribution >= 0.6 is 27.5 Å². The van der Waals surface area contributed by atoms with Gasteiger partial charge in [0.15, 0.2) is 0 Å². The van der Waals surface area contributed by atoms with Crippen LogP contribution in [-0.2, 0) is 4.74 Å². The van der Waals surface area contributed by atoms with Gasteiger partial charge in [-0.25, -0.2) is 0 Å². The van der Waals surface area contributed by atoms with E-state index in [1.54, 1.807) is 7.11 Å². The average molecular weight is 348 g/mol. The number of halogens is 2. The molecule has 2 N–H and O–H groups in total. The van der Waals surface area contributed by atoms with E-state index in [0.717, 1.165) is 41.0 Å². The molecule has 2 atom stereocenters. The highest BCUT2D eigenvalue weighted by Crippen LogP contribution is 2.31. The van der Waals surface area contributed by atoms with Gasteiger partial charge in [-0.05, 0) is 43.1 Å². The van der Waals surface area contributed by atoms with E-state index >= 15 is 0 Å². The Balaban J connectivity index is 2.21. The highest BCUT2D eigenvalue weighted by atomic mass is 79.9. The summed E-state index contributed by atoms with van der Waals surface area (Å²) in [5, 5.41) is 0.776. The lowest BCUT2D eigenvalue weighted by molar-refractivity contribution is 0.0155. The Morgan fingerprint density at radius 3 is 3.05 bits per heavy atom. The first-order chi connectivity index (χ1) is 9.15. The first-order valence-corrected chi connectivity index (χ1v) is 7.74. The summed E-state index contributed by atoms with van der Waals surface area (Å²) in [5.41, 5.74) is 7.08. The minimum atomic E-state index is 0.156. The molecule has 1 fully saturated rings. The van der Waals surface area contributed by atoms with Gasteiger partial charge in [-0.3, -0.25) is 4.90 Å². The van der Waals surface area contributed by atoms with Crippen LogP contribution in [0.25, 0.3) is 0 Å². The summed E-state index contributed by atoms with van der Waals surface area (Å²) in [6, 6.07) is 6.09. The summed E-state index contributed by atoms with van der Waals surface area (Å²) in [7, 11) is 1.78. The minimum Gasteiger partial charge on any atom is -0.380 e. The van der Waals surface area contributed by atoms with E-state index in [0.29, 0.717) is 12.6 Å². The van der Waals surface area contributed by atoms with Crippen molar-refractivity contribution in [2.24, 2.45) is 5.73 Å². The second-order valence-corrected chi connectivity index (χ2v) is 6.24. The van der Waals surface area contributed by atoms with E-state index in [4.69, 9.17) is 22.1 Å². The average Bonchev–Trinajstić information content (AvgIpc) is 2.44. The van der Waals surface area contributed by atoms with Crippen LogP contribution in [0.1, 0.15) is 24.4 Å². The number of hydrogen-bond donors (Lipinski definition) is 1. The molecule has 5 heteroatoms. The van der Waals surface area contributed by atoms with Gasteiger partial charge in [-0.2, -0.15) is 0 Å².